The number of halogens is 3. The summed E-state index contributed by atoms with van der Waals surface area (Å²) in [4.78, 5) is 19.8. The highest BCUT2D eigenvalue weighted by molar-refractivity contribution is 7.89. The Labute approximate surface area is 195 Å². The van der Waals surface area contributed by atoms with Crippen LogP contribution in [0.4, 0.5) is 24.8 Å². The van der Waals surface area contributed by atoms with E-state index in [1.54, 1.807) is 11.9 Å². The number of aldehydes is 1. The zero-order chi connectivity index (χ0) is 24.9. The lowest BCUT2D eigenvalue weighted by atomic mass is 10.1. The molecular formula is C21H23F3N6O3S. The lowest BCUT2D eigenvalue weighted by molar-refractivity contribution is -0.138. The van der Waals surface area contributed by atoms with Crippen LogP contribution in [0.1, 0.15) is 30.4 Å². The third-order valence-electron chi connectivity index (χ3n) is 5.49. The number of alkyl halides is 3. The summed E-state index contributed by atoms with van der Waals surface area (Å²) < 4.78 is 65.6. The summed E-state index contributed by atoms with van der Waals surface area (Å²) in [5.41, 5.74) is -0.231. The first-order chi connectivity index (χ1) is 16.1. The maximum absolute atomic E-state index is 13.2. The minimum atomic E-state index is -4.52. The predicted octanol–water partition coefficient (Wildman–Crippen LogP) is 2.66. The lowest BCUT2D eigenvalue weighted by Gasteiger charge is -2.32. The topological polar surface area (TPSA) is 119 Å². The molecule has 0 saturated carbocycles. The first-order valence-electron chi connectivity index (χ1n) is 10.4. The van der Waals surface area contributed by atoms with E-state index < -0.39 is 21.8 Å². The van der Waals surface area contributed by atoms with Crippen LogP contribution >= 0.6 is 0 Å². The predicted molar refractivity (Wildman–Crippen MR) is 118 cm³/mol. The van der Waals surface area contributed by atoms with Crippen molar-refractivity contribution in [1.82, 2.24) is 14.3 Å². The fraction of sp³-hybridized carbons (Fsp3) is 0.429. The molecule has 0 unspecified atom stereocenters. The zero-order valence-corrected chi connectivity index (χ0v) is 19.1. The molecule has 0 radical (unpaired) electrons. The van der Waals surface area contributed by atoms with Gasteiger partial charge in [-0.2, -0.15) is 22.7 Å². The molecule has 1 aliphatic heterocycles. The molecule has 13 heteroatoms. The summed E-state index contributed by atoms with van der Waals surface area (Å²) in [5.74, 6) is 0.0457. The molecule has 34 heavy (non-hydrogen) atoms. The Hall–Kier alpha value is -3.24. The standard InChI is InChI=1S/C21H23F3N6O3S/c1-29(7-2-10-31)19-11-18(4-3-15(19)12-25)34(32,33)30-8-5-17(6-9-30)28-20-26-13-16(14-27-20)21(22,23)24/h3-4,10-11,13-14,17H,2,5-9H2,1H3,(H,26,27,28). The van der Waals surface area contributed by atoms with Gasteiger partial charge in [0.25, 0.3) is 0 Å². The Bertz CT molecular complexity index is 1160. The monoisotopic (exact) mass is 496 g/mol. The van der Waals surface area contributed by atoms with Gasteiger partial charge in [0.05, 0.1) is 21.7 Å². The molecule has 2 heterocycles. The second kappa shape index (κ2) is 10.4. The highest BCUT2D eigenvalue weighted by Crippen LogP contribution is 2.29. The van der Waals surface area contributed by atoms with Crippen molar-refractivity contribution < 1.29 is 26.4 Å². The summed E-state index contributed by atoms with van der Waals surface area (Å²) in [6.45, 7) is 0.721. The van der Waals surface area contributed by atoms with Gasteiger partial charge in [-0.1, -0.05) is 0 Å². The number of rotatable bonds is 8. The smallest absolute Gasteiger partial charge is 0.373 e. The molecule has 0 bridgehead atoms. The molecule has 1 fully saturated rings. The number of nitrogens with zero attached hydrogens (tertiary/aromatic N) is 5. The minimum absolute atomic E-state index is 0.0388. The van der Waals surface area contributed by atoms with Crippen molar-refractivity contribution in [3.63, 3.8) is 0 Å². The normalized spacial score (nSPS) is 15.5. The Balaban J connectivity index is 1.67. The summed E-state index contributed by atoms with van der Waals surface area (Å²) >= 11 is 0. The molecule has 1 aliphatic rings. The van der Waals surface area contributed by atoms with E-state index in [9.17, 15) is 31.6 Å². The first kappa shape index (κ1) is 25.4. The van der Waals surface area contributed by atoms with Crippen molar-refractivity contribution in [2.75, 3.05) is 36.9 Å². The van der Waals surface area contributed by atoms with E-state index in [2.05, 4.69) is 15.3 Å². The summed E-state index contributed by atoms with van der Waals surface area (Å²) in [6, 6.07) is 6.08. The van der Waals surface area contributed by atoms with E-state index in [0.717, 1.165) is 6.29 Å². The third kappa shape index (κ3) is 5.81. The van der Waals surface area contributed by atoms with Crippen LogP contribution in [0.5, 0.6) is 0 Å². The van der Waals surface area contributed by atoms with Gasteiger partial charge in [-0.15, -0.1) is 0 Å². The number of carbonyl (C=O) groups excluding carboxylic acids is 1. The van der Waals surface area contributed by atoms with E-state index in [0.29, 0.717) is 43.0 Å². The second-order valence-electron chi connectivity index (χ2n) is 7.78. The number of nitriles is 1. The van der Waals surface area contributed by atoms with Crippen molar-refractivity contribution in [2.45, 2.75) is 36.4 Å². The van der Waals surface area contributed by atoms with Gasteiger partial charge >= 0.3 is 6.18 Å². The van der Waals surface area contributed by atoms with Gasteiger partial charge in [0.2, 0.25) is 16.0 Å². The molecule has 2 aromatic rings. The van der Waals surface area contributed by atoms with Gasteiger partial charge < -0.3 is 15.0 Å². The van der Waals surface area contributed by atoms with E-state index >= 15 is 0 Å². The van der Waals surface area contributed by atoms with Gasteiger partial charge in [-0.05, 0) is 31.0 Å². The minimum Gasteiger partial charge on any atom is -0.373 e. The number of sulfonamides is 1. The molecule has 1 saturated heterocycles. The van der Waals surface area contributed by atoms with E-state index in [1.807, 2.05) is 6.07 Å². The fourth-order valence-corrected chi connectivity index (χ4v) is 5.06. The van der Waals surface area contributed by atoms with Gasteiger partial charge in [-0.3, -0.25) is 0 Å². The Morgan fingerprint density at radius 3 is 2.47 bits per heavy atom. The van der Waals surface area contributed by atoms with Crippen LogP contribution in [0.15, 0.2) is 35.5 Å². The summed E-state index contributed by atoms with van der Waals surface area (Å²) in [7, 11) is -2.16. The molecule has 1 aromatic heterocycles. The molecule has 0 spiro atoms. The average molecular weight is 497 g/mol. The van der Waals surface area contributed by atoms with Crippen molar-refractivity contribution in [2.24, 2.45) is 0 Å². The number of hydrogen-bond acceptors (Lipinski definition) is 8. The maximum Gasteiger partial charge on any atom is 0.419 e. The zero-order valence-electron chi connectivity index (χ0n) is 18.3. The fourth-order valence-electron chi connectivity index (χ4n) is 3.57. The van der Waals surface area contributed by atoms with Gasteiger partial charge in [0.1, 0.15) is 12.4 Å². The highest BCUT2D eigenvalue weighted by atomic mass is 32.2. The van der Waals surface area contributed by atoms with Crippen LogP contribution in [-0.2, 0) is 21.0 Å². The number of carbonyl (C=O) groups is 1. The average Bonchev–Trinajstić information content (AvgIpc) is 2.82. The number of aromatic nitrogens is 2. The largest absolute Gasteiger partial charge is 0.419 e. The first-order valence-corrected chi connectivity index (χ1v) is 11.8. The van der Waals surface area contributed by atoms with Crippen LogP contribution in [-0.4, -0.2) is 61.7 Å². The molecule has 0 aliphatic carbocycles. The van der Waals surface area contributed by atoms with Crippen LogP contribution in [0.3, 0.4) is 0 Å². The van der Waals surface area contributed by atoms with Crippen molar-refractivity contribution >= 4 is 27.9 Å². The molecule has 3 rings (SSSR count). The van der Waals surface area contributed by atoms with Crippen molar-refractivity contribution in [1.29, 1.82) is 5.26 Å². The van der Waals surface area contributed by atoms with E-state index in [-0.39, 0.29) is 36.4 Å². The molecule has 0 atom stereocenters. The number of nitrogens with one attached hydrogen (secondary N) is 1. The Morgan fingerprint density at radius 2 is 1.91 bits per heavy atom. The molecule has 182 valence electrons. The van der Waals surface area contributed by atoms with Crippen LogP contribution < -0.4 is 10.2 Å². The maximum atomic E-state index is 13.2. The quantitative estimate of drug-likeness (QED) is 0.554. The van der Waals surface area contributed by atoms with Crippen molar-refractivity contribution in [3.05, 3.63) is 41.7 Å². The van der Waals surface area contributed by atoms with Gasteiger partial charge in [-0.25, -0.2) is 18.4 Å². The third-order valence-corrected chi connectivity index (χ3v) is 7.38. The van der Waals surface area contributed by atoms with Crippen molar-refractivity contribution in [3.8, 4) is 6.07 Å². The molecular weight excluding hydrogens is 473 g/mol. The lowest BCUT2D eigenvalue weighted by Crippen LogP contribution is -2.42. The number of piperidine rings is 1. The van der Waals surface area contributed by atoms with Gasteiger partial charge in [0.15, 0.2) is 0 Å². The summed E-state index contributed by atoms with van der Waals surface area (Å²) in [5, 5.41) is 12.3. The molecule has 9 nitrogen and oxygen atoms in total. The molecule has 1 N–H and O–H groups in total. The van der Waals surface area contributed by atoms with Gasteiger partial charge in [0, 0.05) is 51.5 Å². The Kier molecular flexibility index (Phi) is 7.73. The van der Waals surface area contributed by atoms with E-state index in [4.69, 9.17) is 0 Å². The summed E-state index contributed by atoms with van der Waals surface area (Å²) in [6.07, 6.45) is -1.32. The molecule has 1 aromatic carbocycles. The van der Waals surface area contributed by atoms with Crippen LogP contribution in [0.25, 0.3) is 0 Å². The molecule has 0 amide bonds. The van der Waals surface area contributed by atoms with E-state index in [1.165, 1.54) is 22.5 Å². The second-order valence-corrected chi connectivity index (χ2v) is 9.72. The SMILES string of the molecule is CN(CCC=O)c1cc(S(=O)(=O)N2CCC(Nc3ncc(C(F)(F)F)cn3)CC2)ccc1C#N. The van der Waals surface area contributed by atoms with Crippen LogP contribution in [0, 0.1) is 11.3 Å². The Morgan fingerprint density at radius 1 is 1.26 bits per heavy atom. The number of hydrogen-bond donors (Lipinski definition) is 1. The number of anilines is 2. The number of benzene rings is 1. The van der Waals surface area contributed by atoms with Crippen LogP contribution in [0.2, 0.25) is 0 Å². The highest BCUT2D eigenvalue weighted by Gasteiger charge is 2.32.